The number of aromatic nitrogens is 2. The molecule has 0 spiro atoms. The quantitative estimate of drug-likeness (QED) is 0.296. The zero-order valence-corrected chi connectivity index (χ0v) is 21.4. The molecule has 4 aromatic rings. The summed E-state index contributed by atoms with van der Waals surface area (Å²) < 4.78 is 36.3. The first kappa shape index (κ1) is 25.8. The number of likely N-dealkylation sites (tertiary alicyclic amines) is 1. The van der Waals surface area contributed by atoms with Crippen molar-refractivity contribution in [1.29, 1.82) is 5.26 Å². The monoisotopic (exact) mass is 534 g/mol. The minimum atomic E-state index is -1.63. The Balaban J connectivity index is 1.42. The van der Waals surface area contributed by atoms with Gasteiger partial charge in [0.15, 0.2) is 0 Å². The molecular formula is C29H25ClF2N4O2. The van der Waals surface area contributed by atoms with Crippen molar-refractivity contribution in [2.75, 3.05) is 13.1 Å². The summed E-state index contributed by atoms with van der Waals surface area (Å²) in [5.74, 6) is -1.95. The number of halogens is 3. The average molecular weight is 535 g/mol. The van der Waals surface area contributed by atoms with Crippen LogP contribution in [0.2, 0.25) is 5.02 Å². The van der Waals surface area contributed by atoms with E-state index in [1.165, 1.54) is 12.1 Å². The van der Waals surface area contributed by atoms with Crippen molar-refractivity contribution < 1.29 is 13.2 Å². The molecule has 2 heterocycles. The Morgan fingerprint density at radius 3 is 2.58 bits per heavy atom. The third-order valence-electron chi connectivity index (χ3n) is 7.35. The molecule has 3 aromatic carbocycles. The fourth-order valence-electron chi connectivity index (χ4n) is 5.26. The first-order chi connectivity index (χ1) is 18.3. The van der Waals surface area contributed by atoms with Crippen molar-refractivity contribution in [2.24, 2.45) is 5.92 Å². The molecule has 194 valence electrons. The minimum absolute atomic E-state index is 0.00939. The Bertz CT molecular complexity index is 1540. The third kappa shape index (κ3) is 5.00. The number of aromatic amines is 1. The van der Waals surface area contributed by atoms with Crippen molar-refractivity contribution in [2.45, 2.75) is 31.5 Å². The predicted molar refractivity (Wildman–Crippen MR) is 140 cm³/mol. The number of alkyl halides is 1. The van der Waals surface area contributed by atoms with Crippen LogP contribution in [0, 0.1) is 23.1 Å². The summed E-state index contributed by atoms with van der Waals surface area (Å²) >= 11 is 6.12. The number of nitrogens with zero attached hydrogens (tertiary/aromatic N) is 3. The molecule has 38 heavy (non-hydrogen) atoms. The first-order valence-electron chi connectivity index (χ1n) is 12.3. The number of hydrogen-bond donors (Lipinski definition) is 1. The number of nitrogens with one attached hydrogen (secondary N) is 1. The third-order valence-corrected chi connectivity index (χ3v) is 7.60. The lowest BCUT2D eigenvalue weighted by Gasteiger charge is -2.50. The van der Waals surface area contributed by atoms with E-state index in [0.717, 1.165) is 11.1 Å². The van der Waals surface area contributed by atoms with E-state index in [4.69, 9.17) is 16.0 Å². The summed E-state index contributed by atoms with van der Waals surface area (Å²) in [5.41, 5.74) is 1.23. The summed E-state index contributed by atoms with van der Waals surface area (Å²) in [6, 6.07) is 21.3. The van der Waals surface area contributed by atoms with Gasteiger partial charge < -0.3 is 4.42 Å². The van der Waals surface area contributed by atoms with E-state index < -0.39 is 17.2 Å². The lowest BCUT2D eigenvalue weighted by molar-refractivity contribution is -0.0453. The minimum Gasteiger partial charge on any atom is -0.388 e. The van der Waals surface area contributed by atoms with Gasteiger partial charge in [-0.3, -0.25) is 4.90 Å². The van der Waals surface area contributed by atoms with Gasteiger partial charge in [-0.2, -0.15) is 5.26 Å². The van der Waals surface area contributed by atoms with Crippen LogP contribution in [0.4, 0.5) is 8.78 Å². The molecule has 9 heteroatoms. The van der Waals surface area contributed by atoms with Gasteiger partial charge in [0.2, 0.25) is 0 Å². The molecule has 2 atom stereocenters. The van der Waals surface area contributed by atoms with E-state index in [9.17, 15) is 14.4 Å². The van der Waals surface area contributed by atoms with Crippen LogP contribution in [-0.4, -0.2) is 33.9 Å². The van der Waals surface area contributed by atoms with Gasteiger partial charge in [0.1, 0.15) is 11.5 Å². The van der Waals surface area contributed by atoms with Gasteiger partial charge in [0, 0.05) is 30.5 Å². The van der Waals surface area contributed by atoms with Crippen LogP contribution in [0.15, 0.2) is 75.9 Å². The average Bonchev–Trinajstić information content (AvgIpc) is 3.32. The Hall–Kier alpha value is -3.80. The van der Waals surface area contributed by atoms with Crippen molar-refractivity contribution >= 4 is 11.6 Å². The van der Waals surface area contributed by atoms with Crippen molar-refractivity contribution in [3.05, 3.63) is 110 Å². The van der Waals surface area contributed by atoms with E-state index in [1.54, 1.807) is 19.1 Å². The van der Waals surface area contributed by atoms with Crippen LogP contribution < -0.4 is 5.76 Å². The summed E-state index contributed by atoms with van der Waals surface area (Å²) in [7, 11) is 0. The van der Waals surface area contributed by atoms with E-state index in [1.807, 2.05) is 42.5 Å². The van der Waals surface area contributed by atoms with Gasteiger partial charge in [0.05, 0.1) is 23.2 Å². The molecule has 5 rings (SSSR count). The number of rotatable bonds is 8. The van der Waals surface area contributed by atoms with Gasteiger partial charge in [-0.05, 0) is 53.4 Å². The lowest BCUT2D eigenvalue weighted by Crippen LogP contribution is -2.57. The molecule has 0 saturated carbocycles. The highest BCUT2D eigenvalue weighted by molar-refractivity contribution is 6.30. The molecule has 1 aromatic heterocycles. The molecule has 0 radical (unpaired) electrons. The Kier molecular flexibility index (Phi) is 7.15. The fraction of sp³-hybridized carbons (Fsp3) is 0.276. The molecule has 1 saturated heterocycles. The molecule has 0 amide bonds. The summed E-state index contributed by atoms with van der Waals surface area (Å²) in [6.07, 6.45) is 0.169. The first-order valence-corrected chi connectivity index (χ1v) is 12.7. The van der Waals surface area contributed by atoms with Crippen LogP contribution in [0.1, 0.15) is 41.6 Å². The van der Waals surface area contributed by atoms with E-state index in [0.29, 0.717) is 29.2 Å². The van der Waals surface area contributed by atoms with E-state index >= 15 is 4.39 Å². The van der Waals surface area contributed by atoms with Crippen LogP contribution in [0.3, 0.4) is 0 Å². The highest BCUT2D eigenvalue weighted by Crippen LogP contribution is 2.43. The molecule has 6 nitrogen and oxygen atoms in total. The normalized spacial score (nSPS) is 16.4. The van der Waals surface area contributed by atoms with Crippen LogP contribution in [0.5, 0.6) is 0 Å². The lowest BCUT2D eigenvalue weighted by atomic mass is 9.75. The second-order valence-electron chi connectivity index (χ2n) is 9.60. The highest BCUT2D eigenvalue weighted by atomic mass is 35.5. The maximum absolute atomic E-state index is 16.6. The summed E-state index contributed by atoms with van der Waals surface area (Å²) in [5, 5.41) is 15.9. The molecule has 0 aliphatic carbocycles. The highest BCUT2D eigenvalue weighted by Gasteiger charge is 2.47. The van der Waals surface area contributed by atoms with Gasteiger partial charge in [0.25, 0.3) is 5.89 Å². The number of H-pyrrole nitrogens is 1. The smallest absolute Gasteiger partial charge is 0.388 e. The fourth-order valence-corrected chi connectivity index (χ4v) is 5.38. The summed E-state index contributed by atoms with van der Waals surface area (Å²) in [6.45, 7) is 2.72. The Morgan fingerprint density at radius 1 is 1.18 bits per heavy atom. The van der Waals surface area contributed by atoms with Gasteiger partial charge in [-0.25, -0.2) is 18.7 Å². The zero-order chi connectivity index (χ0) is 26.9. The molecule has 0 bridgehead atoms. The zero-order valence-electron chi connectivity index (χ0n) is 20.6. The largest absolute Gasteiger partial charge is 0.434 e. The van der Waals surface area contributed by atoms with Gasteiger partial charge >= 0.3 is 5.76 Å². The standard InChI is InChI=1S/C29H25ClF2N4O2/c1-2-29(32,14-21-7-4-8-24(31)25(21)27-34-35-28(37)38-27)22-16-36(17-22)26(19-9-11-23(30)12-10-19)20-6-3-5-18(13-20)15-33/h3-13,22,26H,2,14,16-17H2,1H3,(H,35,37)/t26-,29-/m0/s1. The number of nitriles is 1. The SMILES string of the molecule is CC[C@](F)(Cc1cccc(F)c1-c1n[nH]c(=O)o1)C1CN([C@@H](c2ccc(Cl)cc2)c2cccc(C#N)c2)C1. The topological polar surface area (TPSA) is 85.9 Å². The Labute approximate surface area is 223 Å². The van der Waals surface area contributed by atoms with E-state index in [-0.39, 0.29) is 36.3 Å². The van der Waals surface area contributed by atoms with Gasteiger partial charge in [-0.1, -0.05) is 54.9 Å². The number of benzene rings is 3. The van der Waals surface area contributed by atoms with Crippen LogP contribution >= 0.6 is 11.6 Å². The van der Waals surface area contributed by atoms with Crippen molar-refractivity contribution in [1.82, 2.24) is 15.1 Å². The van der Waals surface area contributed by atoms with Crippen LogP contribution in [-0.2, 0) is 6.42 Å². The van der Waals surface area contributed by atoms with Crippen molar-refractivity contribution in [3.63, 3.8) is 0 Å². The molecule has 0 unspecified atom stereocenters. The second-order valence-corrected chi connectivity index (χ2v) is 10.0. The maximum Gasteiger partial charge on any atom is 0.434 e. The second kappa shape index (κ2) is 10.5. The van der Waals surface area contributed by atoms with Crippen molar-refractivity contribution in [3.8, 4) is 17.5 Å². The van der Waals surface area contributed by atoms with Crippen LogP contribution in [0.25, 0.3) is 11.5 Å². The van der Waals surface area contributed by atoms with E-state index in [2.05, 4.69) is 21.2 Å². The Morgan fingerprint density at radius 2 is 1.92 bits per heavy atom. The molecule has 1 N–H and O–H groups in total. The molecule has 1 fully saturated rings. The maximum atomic E-state index is 16.6. The van der Waals surface area contributed by atoms with Gasteiger partial charge in [-0.15, -0.1) is 5.10 Å². The molecular weight excluding hydrogens is 510 g/mol. The molecule has 1 aliphatic rings. The molecule has 1 aliphatic heterocycles. The number of hydrogen-bond acceptors (Lipinski definition) is 5. The summed E-state index contributed by atoms with van der Waals surface area (Å²) in [4.78, 5) is 13.6. The predicted octanol–water partition coefficient (Wildman–Crippen LogP) is 6.08.